The van der Waals surface area contributed by atoms with Gasteiger partial charge in [0.15, 0.2) is 0 Å². The van der Waals surface area contributed by atoms with Gasteiger partial charge in [0, 0.05) is 101 Å². The van der Waals surface area contributed by atoms with Gasteiger partial charge in [-0.25, -0.2) is 0 Å². The highest BCUT2D eigenvalue weighted by Gasteiger charge is 2.36. The van der Waals surface area contributed by atoms with Gasteiger partial charge < -0.3 is 25.2 Å². The van der Waals surface area contributed by atoms with Crippen LogP contribution in [-0.4, -0.2) is 103 Å². The number of ether oxygens (including phenoxy) is 1. The number of rotatable bonds is 6. The Morgan fingerprint density at radius 3 is 2.69 bits per heavy atom. The van der Waals surface area contributed by atoms with Crippen LogP contribution in [0.15, 0.2) is 48.8 Å². The molecule has 39 heavy (non-hydrogen) atoms. The summed E-state index contributed by atoms with van der Waals surface area (Å²) >= 11 is 0. The third-order valence-electron chi connectivity index (χ3n) is 8.77. The highest BCUT2D eigenvalue weighted by atomic mass is 16.5. The Morgan fingerprint density at radius 2 is 1.92 bits per heavy atom. The van der Waals surface area contributed by atoms with Crippen LogP contribution in [0.2, 0.25) is 0 Å². The molecule has 0 bridgehead atoms. The Kier molecular flexibility index (Phi) is 7.36. The van der Waals surface area contributed by atoms with E-state index in [1.54, 1.807) is 13.3 Å². The first-order valence-corrected chi connectivity index (χ1v) is 14.0. The molecule has 5 heterocycles. The second kappa shape index (κ2) is 11.1. The number of piperazine rings is 2. The molecule has 0 unspecified atom stereocenters. The summed E-state index contributed by atoms with van der Waals surface area (Å²) in [5.74, 6) is 0. The molecule has 0 aliphatic carbocycles. The second-order valence-electron chi connectivity index (χ2n) is 11.2. The van der Waals surface area contributed by atoms with Gasteiger partial charge >= 0.3 is 0 Å². The summed E-state index contributed by atoms with van der Waals surface area (Å²) in [6, 6.07) is 15.7. The Morgan fingerprint density at radius 1 is 1.03 bits per heavy atom. The number of aromatic nitrogens is 2. The number of anilines is 2. The molecular formula is C30H38N8O. The van der Waals surface area contributed by atoms with Gasteiger partial charge in [-0.05, 0) is 43.3 Å². The van der Waals surface area contributed by atoms with Crippen LogP contribution in [0.1, 0.15) is 18.2 Å². The Hall–Kier alpha value is -3.29. The van der Waals surface area contributed by atoms with Gasteiger partial charge in [-0.15, -0.1) is 0 Å². The molecule has 3 aliphatic heterocycles. The zero-order valence-corrected chi connectivity index (χ0v) is 22.9. The number of hydrogen-bond donors (Lipinski definition) is 1. The fraction of sp³-hybridized carbons (Fsp3) is 0.500. The maximum Gasteiger partial charge on any atom is 0.101 e. The van der Waals surface area contributed by atoms with Gasteiger partial charge in [-0.3, -0.25) is 14.9 Å². The van der Waals surface area contributed by atoms with Crippen LogP contribution in [0.25, 0.3) is 10.9 Å². The number of nitrogens with two attached hydrogens (primary N) is 1. The fourth-order valence-corrected chi connectivity index (χ4v) is 6.64. The van der Waals surface area contributed by atoms with Gasteiger partial charge in [0.2, 0.25) is 0 Å². The first-order valence-electron chi connectivity index (χ1n) is 14.0. The van der Waals surface area contributed by atoms with Crippen molar-refractivity contribution in [2.75, 3.05) is 69.3 Å². The molecule has 204 valence electrons. The van der Waals surface area contributed by atoms with Crippen LogP contribution < -0.4 is 15.5 Å². The number of hydrogen-bond acceptors (Lipinski definition) is 9. The average Bonchev–Trinajstić information content (AvgIpc) is 3.36. The van der Waals surface area contributed by atoms with Crippen LogP contribution in [0.4, 0.5) is 11.4 Å². The zero-order valence-electron chi connectivity index (χ0n) is 22.9. The van der Waals surface area contributed by atoms with Crippen LogP contribution in [0.3, 0.4) is 0 Å². The Balaban J connectivity index is 1.09. The molecule has 4 atom stereocenters. The maximum atomic E-state index is 9.56. The maximum absolute atomic E-state index is 9.56. The third-order valence-corrected chi connectivity index (χ3v) is 8.77. The molecular weight excluding hydrogens is 488 g/mol. The molecule has 9 nitrogen and oxygen atoms in total. The minimum atomic E-state index is 0.0408. The lowest BCUT2D eigenvalue weighted by molar-refractivity contribution is 0.0355. The normalized spacial score (nSPS) is 26.1. The minimum Gasteiger partial charge on any atom is -0.378 e. The summed E-state index contributed by atoms with van der Waals surface area (Å²) < 4.78 is 5.50. The zero-order chi connectivity index (χ0) is 26.9. The van der Waals surface area contributed by atoms with E-state index in [2.05, 4.69) is 61.8 Å². The molecule has 0 amide bonds. The van der Waals surface area contributed by atoms with E-state index in [0.717, 1.165) is 81.1 Å². The molecule has 0 saturated carbocycles. The predicted octanol–water partition coefficient (Wildman–Crippen LogP) is 2.10. The molecule has 2 aromatic heterocycles. The molecule has 0 radical (unpaired) electrons. The van der Waals surface area contributed by atoms with Gasteiger partial charge in [-0.2, -0.15) is 5.26 Å². The highest BCUT2D eigenvalue weighted by molar-refractivity contribution is 5.95. The van der Waals surface area contributed by atoms with Crippen molar-refractivity contribution in [2.24, 2.45) is 5.73 Å². The summed E-state index contributed by atoms with van der Waals surface area (Å²) in [6.45, 7) is 10.2. The van der Waals surface area contributed by atoms with E-state index in [1.165, 1.54) is 5.69 Å². The number of pyridine rings is 2. The largest absolute Gasteiger partial charge is 0.378 e. The number of fused-ring (bicyclic) bond motifs is 2. The van der Waals surface area contributed by atoms with Crippen molar-refractivity contribution in [2.45, 2.75) is 37.6 Å². The van der Waals surface area contributed by atoms with E-state index in [9.17, 15) is 5.26 Å². The number of nitriles is 1. The lowest BCUT2D eigenvalue weighted by atomic mass is 10.0. The molecule has 0 spiro atoms. The van der Waals surface area contributed by atoms with Crippen LogP contribution in [-0.2, 0) is 11.2 Å². The topological polar surface area (TPSA) is 97.8 Å². The summed E-state index contributed by atoms with van der Waals surface area (Å²) in [6.07, 6.45) is 4.77. The lowest BCUT2D eigenvalue weighted by Gasteiger charge is -2.51. The molecule has 3 saturated heterocycles. The summed E-state index contributed by atoms with van der Waals surface area (Å²) in [5, 5.41) is 10.6. The van der Waals surface area contributed by atoms with E-state index in [0.29, 0.717) is 17.6 Å². The molecule has 3 aromatic rings. The van der Waals surface area contributed by atoms with Crippen molar-refractivity contribution in [1.29, 1.82) is 5.26 Å². The molecule has 2 N–H and O–H groups in total. The smallest absolute Gasteiger partial charge is 0.101 e. The lowest BCUT2D eigenvalue weighted by Crippen LogP contribution is -2.65. The van der Waals surface area contributed by atoms with Crippen LogP contribution in [0, 0.1) is 11.3 Å². The predicted molar refractivity (Wildman–Crippen MR) is 154 cm³/mol. The molecule has 6 rings (SSSR count). The van der Waals surface area contributed by atoms with Gasteiger partial charge in [0.05, 0.1) is 35.1 Å². The second-order valence-corrected chi connectivity index (χ2v) is 11.2. The van der Waals surface area contributed by atoms with Crippen molar-refractivity contribution >= 4 is 22.3 Å². The SMILES string of the molecule is CO[C@@H]1CN(c2ccc(CCN3CCN4[C@@H](C3)CN(c3ccc(C#N)c5ncccc35)C[C@H]4C)nc2)C[C@H]1N. The Labute approximate surface area is 230 Å². The number of nitrogens with zero attached hydrogens (tertiary/aromatic N) is 7. The van der Waals surface area contributed by atoms with Gasteiger partial charge in [0.25, 0.3) is 0 Å². The van der Waals surface area contributed by atoms with Crippen molar-refractivity contribution in [1.82, 2.24) is 19.8 Å². The summed E-state index contributed by atoms with van der Waals surface area (Å²) in [4.78, 5) is 19.3. The molecule has 3 aliphatic rings. The molecule has 3 fully saturated rings. The van der Waals surface area contributed by atoms with Gasteiger partial charge in [-0.1, -0.05) is 0 Å². The minimum absolute atomic E-state index is 0.0408. The van der Waals surface area contributed by atoms with Crippen LogP contribution >= 0.6 is 0 Å². The van der Waals surface area contributed by atoms with Crippen molar-refractivity contribution < 1.29 is 4.74 Å². The third kappa shape index (κ3) is 5.18. The first kappa shape index (κ1) is 26.0. The Bertz CT molecular complexity index is 1340. The first-order chi connectivity index (χ1) is 19.0. The van der Waals surface area contributed by atoms with Crippen molar-refractivity contribution in [3.05, 3.63) is 60.0 Å². The molecule has 1 aromatic carbocycles. The average molecular weight is 527 g/mol. The van der Waals surface area contributed by atoms with Crippen molar-refractivity contribution in [3.63, 3.8) is 0 Å². The van der Waals surface area contributed by atoms with E-state index >= 15 is 0 Å². The molecule has 9 heteroatoms. The van der Waals surface area contributed by atoms with E-state index in [4.69, 9.17) is 15.5 Å². The van der Waals surface area contributed by atoms with Crippen molar-refractivity contribution in [3.8, 4) is 6.07 Å². The fourth-order valence-electron chi connectivity index (χ4n) is 6.64. The summed E-state index contributed by atoms with van der Waals surface area (Å²) in [7, 11) is 1.73. The van der Waals surface area contributed by atoms with Gasteiger partial charge in [0.1, 0.15) is 6.07 Å². The quantitative estimate of drug-likeness (QED) is 0.518. The number of methoxy groups -OCH3 is 1. The van der Waals surface area contributed by atoms with Crippen LogP contribution in [0.5, 0.6) is 0 Å². The number of benzene rings is 1. The highest BCUT2D eigenvalue weighted by Crippen LogP contribution is 2.32. The standard InChI is InChI=1S/C30H38N8O/c1-21-16-37(28-8-5-22(14-31)30-26(28)4-3-10-33-30)18-25-17-35(12-13-38(21)25)11-9-23-6-7-24(15-34-23)36-19-27(32)29(20-36)39-2/h3-8,10,15,21,25,27,29H,9,11-13,16-20,32H2,1-2H3/t21-,25+,27-,29-/m1/s1. The monoisotopic (exact) mass is 526 g/mol. The van der Waals surface area contributed by atoms with E-state index in [1.807, 2.05) is 18.3 Å². The van der Waals surface area contributed by atoms with E-state index in [-0.39, 0.29) is 12.1 Å². The van der Waals surface area contributed by atoms with E-state index < -0.39 is 0 Å². The summed E-state index contributed by atoms with van der Waals surface area (Å²) in [5.41, 5.74) is 11.0.